The number of nitrogens with one attached hydrogen (secondary N) is 1. The van der Waals surface area contributed by atoms with E-state index in [1.54, 1.807) is 17.0 Å². The van der Waals surface area contributed by atoms with Crippen molar-refractivity contribution in [2.75, 3.05) is 0 Å². The van der Waals surface area contributed by atoms with Gasteiger partial charge in [-0.25, -0.2) is 0 Å². The number of para-hydroxylation sites is 1. The Morgan fingerprint density at radius 1 is 1.45 bits per heavy atom. The zero-order valence-electron chi connectivity index (χ0n) is 11.6. The van der Waals surface area contributed by atoms with Crippen molar-refractivity contribution in [3.8, 4) is 5.75 Å². The van der Waals surface area contributed by atoms with Gasteiger partial charge in [0.2, 0.25) is 11.8 Å². The molecule has 2 fully saturated rings. The van der Waals surface area contributed by atoms with Crippen LogP contribution in [-0.4, -0.2) is 28.0 Å². The first-order valence-electron chi connectivity index (χ1n) is 6.78. The summed E-state index contributed by atoms with van der Waals surface area (Å²) in [6.45, 7) is 3.52. The van der Waals surface area contributed by atoms with Gasteiger partial charge in [0.25, 0.3) is 0 Å². The number of hydrogen-bond donors (Lipinski definition) is 2. The molecule has 20 heavy (non-hydrogen) atoms. The van der Waals surface area contributed by atoms with Crippen LogP contribution in [0.2, 0.25) is 0 Å². The number of likely N-dealkylation sites (tertiary alicyclic amines) is 1. The third-order valence-electron chi connectivity index (χ3n) is 4.46. The Balaban J connectivity index is 2.03. The van der Waals surface area contributed by atoms with Gasteiger partial charge in [-0.05, 0) is 12.5 Å². The predicted octanol–water partition coefficient (Wildman–Crippen LogP) is 1.54. The average Bonchev–Trinajstić information content (AvgIpc) is 2.78. The first kappa shape index (κ1) is 13.0. The fraction of sp³-hybridized carbons (Fsp3) is 0.467. The summed E-state index contributed by atoms with van der Waals surface area (Å²) in [4.78, 5) is 25.4. The highest BCUT2D eigenvalue weighted by Crippen LogP contribution is 2.52. The number of benzene rings is 1. The van der Waals surface area contributed by atoms with Crippen LogP contribution >= 0.6 is 0 Å². The van der Waals surface area contributed by atoms with Crippen LogP contribution in [0.25, 0.3) is 0 Å². The molecule has 2 N–H and O–H groups in total. The molecule has 1 aromatic carbocycles. The molecule has 5 heteroatoms. The smallest absolute Gasteiger partial charge is 0.222 e. The fourth-order valence-corrected chi connectivity index (χ4v) is 3.58. The lowest BCUT2D eigenvalue weighted by molar-refractivity contribution is -0.133. The Hall–Kier alpha value is -2.04. The third kappa shape index (κ3) is 1.77. The van der Waals surface area contributed by atoms with E-state index in [9.17, 15) is 14.7 Å². The van der Waals surface area contributed by atoms with Crippen molar-refractivity contribution in [2.45, 2.75) is 38.9 Å². The summed E-state index contributed by atoms with van der Waals surface area (Å²) in [6, 6.07) is 6.88. The number of hydrogen-bond acceptors (Lipinski definition) is 3. The zero-order chi connectivity index (χ0) is 14.5. The number of nitrogens with zero attached hydrogens (tertiary/aromatic N) is 1. The van der Waals surface area contributed by atoms with Crippen LogP contribution in [0.3, 0.4) is 0 Å². The molecule has 2 unspecified atom stereocenters. The first-order valence-corrected chi connectivity index (χ1v) is 6.78. The predicted molar refractivity (Wildman–Crippen MR) is 72.6 cm³/mol. The van der Waals surface area contributed by atoms with Crippen molar-refractivity contribution in [3.05, 3.63) is 29.8 Å². The maximum Gasteiger partial charge on any atom is 0.222 e. The van der Waals surface area contributed by atoms with Crippen LogP contribution in [0.5, 0.6) is 5.75 Å². The standard InChI is InChI=1S/C15H18N2O3/c1-9(18)17-11(10-5-3-4-6-12(10)19)7-15(2)8-13(20)16-14(15)17/h3-6,11,14,19H,7-8H2,1-2H3,(H,16,20)/t11?,14?,15-/m1/s1. The Morgan fingerprint density at radius 3 is 2.80 bits per heavy atom. The summed E-state index contributed by atoms with van der Waals surface area (Å²) in [5.41, 5.74) is 0.475. The van der Waals surface area contributed by atoms with Crippen molar-refractivity contribution >= 4 is 11.8 Å². The van der Waals surface area contributed by atoms with Crippen LogP contribution in [0.15, 0.2) is 24.3 Å². The minimum Gasteiger partial charge on any atom is -0.508 e. The summed E-state index contributed by atoms with van der Waals surface area (Å²) >= 11 is 0. The van der Waals surface area contributed by atoms with E-state index in [-0.39, 0.29) is 35.2 Å². The Bertz CT molecular complexity index is 586. The molecule has 0 bridgehead atoms. The third-order valence-corrected chi connectivity index (χ3v) is 4.46. The highest BCUT2D eigenvalue weighted by Gasteiger charge is 2.56. The van der Waals surface area contributed by atoms with E-state index in [0.29, 0.717) is 12.8 Å². The molecule has 2 amide bonds. The molecule has 0 spiro atoms. The lowest BCUT2D eigenvalue weighted by Crippen LogP contribution is -2.46. The van der Waals surface area contributed by atoms with Gasteiger partial charge < -0.3 is 15.3 Å². The molecule has 1 aromatic rings. The van der Waals surface area contributed by atoms with E-state index < -0.39 is 0 Å². The molecule has 0 radical (unpaired) electrons. The molecule has 2 heterocycles. The van der Waals surface area contributed by atoms with Crippen molar-refractivity contribution in [1.82, 2.24) is 10.2 Å². The first-order chi connectivity index (χ1) is 9.42. The molecule has 2 saturated heterocycles. The van der Waals surface area contributed by atoms with Gasteiger partial charge in [-0.15, -0.1) is 0 Å². The van der Waals surface area contributed by atoms with E-state index in [1.807, 2.05) is 19.1 Å². The number of aromatic hydroxyl groups is 1. The van der Waals surface area contributed by atoms with Gasteiger partial charge in [0.05, 0.1) is 6.04 Å². The van der Waals surface area contributed by atoms with Crippen LogP contribution < -0.4 is 5.32 Å². The number of fused-ring (bicyclic) bond motifs is 1. The maximum atomic E-state index is 12.0. The molecule has 3 atom stereocenters. The summed E-state index contributed by atoms with van der Waals surface area (Å²) in [5.74, 6) is 0.0901. The lowest BCUT2D eigenvalue weighted by atomic mass is 9.83. The van der Waals surface area contributed by atoms with Crippen LogP contribution in [0.4, 0.5) is 0 Å². The SMILES string of the molecule is CC(=O)N1C(c2ccccc2O)C[C@]2(C)CC(=O)NC12. The number of rotatable bonds is 1. The summed E-state index contributed by atoms with van der Waals surface area (Å²) in [7, 11) is 0. The minimum absolute atomic E-state index is 0.0144. The molecule has 5 nitrogen and oxygen atoms in total. The molecule has 106 valence electrons. The topological polar surface area (TPSA) is 69.6 Å². The van der Waals surface area contributed by atoms with Gasteiger partial charge in [0.15, 0.2) is 0 Å². The van der Waals surface area contributed by atoms with Crippen molar-refractivity contribution in [2.24, 2.45) is 5.41 Å². The summed E-state index contributed by atoms with van der Waals surface area (Å²) in [5, 5.41) is 12.9. The van der Waals surface area contributed by atoms with Gasteiger partial charge in [-0.3, -0.25) is 9.59 Å². The summed E-state index contributed by atoms with van der Waals surface area (Å²) in [6.07, 6.45) is 0.816. The molecule has 0 saturated carbocycles. The second kappa shape index (κ2) is 4.23. The van der Waals surface area contributed by atoms with Crippen LogP contribution in [-0.2, 0) is 9.59 Å². The number of phenols is 1. The van der Waals surface area contributed by atoms with Gasteiger partial charge >= 0.3 is 0 Å². The number of amides is 2. The van der Waals surface area contributed by atoms with E-state index in [0.717, 1.165) is 5.56 Å². The monoisotopic (exact) mass is 274 g/mol. The fourth-order valence-electron chi connectivity index (χ4n) is 3.58. The average molecular weight is 274 g/mol. The van der Waals surface area contributed by atoms with Gasteiger partial charge in [-0.1, -0.05) is 25.1 Å². The maximum absolute atomic E-state index is 12.0. The number of carbonyl (C=O) groups excluding carboxylic acids is 2. The Labute approximate surface area is 117 Å². The lowest BCUT2D eigenvalue weighted by Gasteiger charge is -2.30. The molecule has 0 aromatic heterocycles. The van der Waals surface area contributed by atoms with Gasteiger partial charge in [-0.2, -0.15) is 0 Å². The normalized spacial score (nSPS) is 32.1. The molecular weight excluding hydrogens is 256 g/mol. The van der Waals surface area contributed by atoms with Crippen LogP contribution in [0, 0.1) is 5.41 Å². The highest BCUT2D eigenvalue weighted by molar-refractivity contribution is 5.83. The second-order valence-corrected chi connectivity index (χ2v) is 6.01. The molecular formula is C15H18N2O3. The Morgan fingerprint density at radius 2 is 2.15 bits per heavy atom. The van der Waals surface area contributed by atoms with E-state index in [1.165, 1.54) is 6.92 Å². The van der Waals surface area contributed by atoms with Crippen molar-refractivity contribution in [1.29, 1.82) is 0 Å². The zero-order valence-corrected chi connectivity index (χ0v) is 11.6. The molecule has 3 rings (SSSR count). The second-order valence-electron chi connectivity index (χ2n) is 6.01. The van der Waals surface area contributed by atoms with E-state index >= 15 is 0 Å². The largest absolute Gasteiger partial charge is 0.508 e. The van der Waals surface area contributed by atoms with Crippen LogP contribution in [0.1, 0.15) is 38.3 Å². The Kier molecular flexibility index (Phi) is 2.74. The van der Waals surface area contributed by atoms with Gasteiger partial charge in [0, 0.05) is 24.3 Å². The summed E-state index contributed by atoms with van der Waals surface area (Å²) < 4.78 is 0. The minimum atomic E-state index is -0.280. The number of carbonyl (C=O) groups is 2. The molecule has 2 aliphatic heterocycles. The quantitative estimate of drug-likeness (QED) is 0.816. The molecule has 2 aliphatic rings. The van der Waals surface area contributed by atoms with Crippen molar-refractivity contribution < 1.29 is 14.7 Å². The number of phenolic OH excluding ortho intramolecular Hbond substituents is 1. The van der Waals surface area contributed by atoms with E-state index in [4.69, 9.17) is 0 Å². The van der Waals surface area contributed by atoms with Gasteiger partial charge in [0.1, 0.15) is 11.9 Å². The molecule has 0 aliphatic carbocycles. The highest BCUT2D eigenvalue weighted by atomic mass is 16.3. The van der Waals surface area contributed by atoms with E-state index in [2.05, 4.69) is 5.32 Å². The van der Waals surface area contributed by atoms with Crippen molar-refractivity contribution in [3.63, 3.8) is 0 Å².